The van der Waals surface area contributed by atoms with Crippen molar-refractivity contribution in [2.75, 3.05) is 65.9 Å². The van der Waals surface area contributed by atoms with Crippen LogP contribution < -0.4 is 21.3 Å². The van der Waals surface area contributed by atoms with Gasteiger partial charge >= 0.3 is 27.6 Å². The Balaban J connectivity index is 5.51. The van der Waals surface area contributed by atoms with Gasteiger partial charge in [-0.25, -0.2) is 9.13 Å². The molecule has 0 aliphatic carbocycles. The lowest BCUT2D eigenvalue weighted by atomic mass is 10.1. The van der Waals surface area contributed by atoms with Crippen LogP contribution in [0, 0.1) is 0 Å². The number of hydrogen-bond donors (Lipinski definition) is 7. The first kappa shape index (κ1) is 100. The van der Waals surface area contributed by atoms with Crippen molar-refractivity contribution in [3.05, 3.63) is 24.3 Å². The van der Waals surface area contributed by atoms with Crippen molar-refractivity contribution in [3.8, 4) is 0 Å². The van der Waals surface area contributed by atoms with Crippen LogP contribution >= 0.6 is 15.6 Å². The molecule has 608 valence electrons. The smallest absolute Gasteiger partial charge is 0.462 e. The molecular weight excluding hydrogens is 1370 g/mol. The minimum atomic E-state index is -4.78. The highest BCUT2D eigenvalue weighted by Gasteiger charge is 2.28. The second-order valence-electron chi connectivity index (χ2n) is 27.6. The number of rotatable bonds is 77. The molecule has 104 heavy (non-hydrogen) atoms. The maximum atomic E-state index is 13.6. The average molecular weight is 1520 g/mol. The van der Waals surface area contributed by atoms with Crippen LogP contribution in [-0.4, -0.2) is 153 Å². The van der Waals surface area contributed by atoms with Crippen LogP contribution in [0.1, 0.15) is 337 Å². The zero-order chi connectivity index (χ0) is 76.8. The van der Waals surface area contributed by atoms with Crippen molar-refractivity contribution in [1.29, 1.82) is 0 Å². The number of ether oxygens (including phenoxy) is 4. The van der Waals surface area contributed by atoms with Crippen LogP contribution in [0.25, 0.3) is 0 Å². The van der Waals surface area contributed by atoms with Gasteiger partial charge in [0.15, 0.2) is 0 Å². The highest BCUT2D eigenvalue weighted by atomic mass is 31.2. The molecule has 4 amide bonds. The Hall–Kier alpha value is -3.93. The van der Waals surface area contributed by atoms with E-state index in [2.05, 4.69) is 87.1 Å². The third-order valence-electron chi connectivity index (χ3n) is 17.5. The van der Waals surface area contributed by atoms with E-state index in [0.29, 0.717) is 57.8 Å². The normalized spacial score (nSPS) is 14.3. The van der Waals surface area contributed by atoms with E-state index in [1.54, 1.807) is 0 Å². The van der Waals surface area contributed by atoms with Gasteiger partial charge in [-0.05, 0) is 96.3 Å². The third-order valence-corrected chi connectivity index (χ3v) is 19.4. The number of hydrogen-bond acceptors (Lipinski definition) is 18. The number of amides is 4. The summed E-state index contributed by atoms with van der Waals surface area (Å²) in [4.78, 5) is 112. The number of phosphoric ester groups is 2. The number of ketones is 1. The molecule has 0 spiro atoms. The van der Waals surface area contributed by atoms with Gasteiger partial charge in [0.05, 0.1) is 77.3 Å². The first-order valence-corrected chi connectivity index (χ1v) is 43.6. The fraction of sp³-hybridized carbons (Fsp3) is 0.859. The summed E-state index contributed by atoms with van der Waals surface area (Å²) < 4.78 is 70.6. The van der Waals surface area contributed by atoms with Crippen LogP contribution in [-0.2, 0) is 79.7 Å². The first-order chi connectivity index (χ1) is 50.2. The molecule has 0 saturated carbocycles. The van der Waals surface area contributed by atoms with Crippen LogP contribution in [0.15, 0.2) is 24.3 Å². The van der Waals surface area contributed by atoms with E-state index in [1.807, 2.05) is 0 Å². The molecule has 0 rings (SSSR count). The summed E-state index contributed by atoms with van der Waals surface area (Å²) in [5.41, 5.74) is 0. The molecule has 0 aromatic rings. The Labute approximate surface area is 627 Å². The van der Waals surface area contributed by atoms with Crippen LogP contribution in [0.4, 0.5) is 0 Å². The highest BCUT2D eigenvalue weighted by molar-refractivity contribution is 7.47. The van der Waals surface area contributed by atoms with E-state index in [-0.39, 0.29) is 102 Å². The predicted molar refractivity (Wildman–Crippen MR) is 410 cm³/mol. The molecule has 0 aromatic carbocycles. The van der Waals surface area contributed by atoms with Gasteiger partial charge in [0.2, 0.25) is 23.6 Å². The molecule has 6 unspecified atom stereocenters. The molecular formula is C78H146N4O20P2. The molecule has 0 saturated heterocycles. The van der Waals surface area contributed by atoms with Gasteiger partial charge in [-0.1, -0.05) is 214 Å². The summed E-state index contributed by atoms with van der Waals surface area (Å²) in [7, 11) is -9.56. The summed E-state index contributed by atoms with van der Waals surface area (Å²) in [6.07, 6.45) is 43.4. The summed E-state index contributed by atoms with van der Waals surface area (Å²) in [5.74, 6) is -3.16. The number of nitrogens with one attached hydrogen (secondary N) is 4. The Morgan fingerprint density at radius 3 is 1.19 bits per heavy atom. The standard InChI is InChI=1S/C78H146N4O20P2/c1-7-13-19-25-27-29-31-37-43-49-77(89)101-71(47-41-35-23-17-11-5)54-58-96-64-67(81-75(87)61-70(84)46-40-34-22-16-10-4)65-99-103(91,92)97-59-55-79-73(85)51-52-74(86)80-56-60-98-104(93,94)100-66-68(63-95-57-53-69(83)45-39-33-21-15-9-3)82-76(88)62-72(48-42-36-24-18-12-6)102-78(90)50-44-38-32-30-28-26-20-14-8-2/h29-32,67-69,71-72,83H,7-28,33-66H2,1-6H3,(H,79,85)(H,80,86)(H,81,87)(H,82,88)(H,91,92)(H,93,94)/b31-29-,32-30-/t67?,68?,69?,71?,72-/m1/s1. The van der Waals surface area contributed by atoms with E-state index in [0.717, 1.165) is 161 Å². The molecule has 0 aliphatic heterocycles. The Kier molecular flexibility index (Phi) is 68.1. The van der Waals surface area contributed by atoms with E-state index in [4.69, 9.17) is 37.0 Å². The van der Waals surface area contributed by atoms with Crippen molar-refractivity contribution < 1.29 is 94.6 Å². The van der Waals surface area contributed by atoms with Crippen molar-refractivity contribution in [1.82, 2.24) is 21.3 Å². The molecule has 24 nitrogen and oxygen atoms in total. The van der Waals surface area contributed by atoms with Crippen molar-refractivity contribution >= 4 is 57.0 Å². The Morgan fingerprint density at radius 1 is 0.365 bits per heavy atom. The molecule has 0 fully saturated rings. The lowest BCUT2D eigenvalue weighted by molar-refractivity contribution is -0.152. The predicted octanol–water partition coefficient (Wildman–Crippen LogP) is 16.4. The highest BCUT2D eigenvalue weighted by Crippen LogP contribution is 2.44. The van der Waals surface area contributed by atoms with E-state index >= 15 is 0 Å². The second kappa shape index (κ2) is 70.7. The number of Topliss-reactive ketones (excluding diaryl/α,β-unsaturated/α-hetero) is 1. The van der Waals surface area contributed by atoms with Gasteiger partial charge in [0, 0.05) is 58.2 Å². The number of carbonyl (C=O) groups excluding carboxylic acids is 7. The lowest BCUT2D eigenvalue weighted by Crippen LogP contribution is -2.43. The maximum Gasteiger partial charge on any atom is 0.472 e. The SMILES string of the molecule is CCCCCC/C=C\CCCC(=O)OC(CCCCCCC)CCOCC(COP(=O)(O)OCCNC(=O)CCC(=O)NCCOP(=O)(O)OCC(COCCC(O)CCCCCCC)NC(=O)C[C@@H](CCCCCCC)OC(=O)CCC/C=C\CCCCCC)NC(=O)CC(=O)CCCCCCC. The molecule has 26 heteroatoms. The van der Waals surface area contributed by atoms with Crippen molar-refractivity contribution in [2.24, 2.45) is 0 Å². The molecule has 0 aliphatic rings. The van der Waals surface area contributed by atoms with Gasteiger partial charge in [-0.3, -0.25) is 51.7 Å². The number of esters is 2. The van der Waals surface area contributed by atoms with Gasteiger partial charge in [0.1, 0.15) is 18.0 Å². The summed E-state index contributed by atoms with van der Waals surface area (Å²) in [6.45, 7) is 10.4. The van der Waals surface area contributed by atoms with Gasteiger partial charge in [0.25, 0.3) is 0 Å². The average Bonchev–Trinajstić information content (AvgIpc) is 0.919. The fourth-order valence-electron chi connectivity index (χ4n) is 11.3. The molecule has 0 bridgehead atoms. The zero-order valence-electron chi connectivity index (χ0n) is 65.5. The number of aliphatic hydroxyl groups excluding tert-OH is 1. The molecule has 0 aromatic heterocycles. The Bertz CT molecular complexity index is 2320. The van der Waals surface area contributed by atoms with E-state index < -0.39 is 90.0 Å². The molecule has 0 heterocycles. The zero-order valence-corrected chi connectivity index (χ0v) is 67.3. The molecule has 0 radical (unpaired) electrons. The number of allylic oxidation sites excluding steroid dienone is 4. The van der Waals surface area contributed by atoms with Crippen molar-refractivity contribution in [2.45, 2.75) is 367 Å². The largest absolute Gasteiger partial charge is 0.472 e. The number of aliphatic hydroxyl groups is 1. The topological polar surface area (TPSA) is 336 Å². The second-order valence-corrected chi connectivity index (χ2v) is 30.6. The van der Waals surface area contributed by atoms with E-state index in [1.165, 1.54) is 38.5 Å². The third kappa shape index (κ3) is 67.4. The quantitative estimate of drug-likeness (QED) is 0.00978. The first-order valence-electron chi connectivity index (χ1n) is 40.6. The number of carbonyl (C=O) groups is 7. The molecule has 7 atom stereocenters. The lowest BCUT2D eigenvalue weighted by Gasteiger charge is -2.23. The maximum absolute atomic E-state index is 13.6. The van der Waals surface area contributed by atoms with Gasteiger partial charge < -0.3 is 55.1 Å². The Morgan fingerprint density at radius 2 is 0.740 bits per heavy atom. The summed E-state index contributed by atoms with van der Waals surface area (Å²) in [6, 6.07) is -1.93. The summed E-state index contributed by atoms with van der Waals surface area (Å²) in [5, 5.41) is 21.1. The summed E-state index contributed by atoms with van der Waals surface area (Å²) >= 11 is 0. The van der Waals surface area contributed by atoms with E-state index in [9.17, 15) is 57.6 Å². The minimum Gasteiger partial charge on any atom is -0.462 e. The van der Waals surface area contributed by atoms with Crippen LogP contribution in [0.2, 0.25) is 0 Å². The van der Waals surface area contributed by atoms with Gasteiger partial charge in [-0.15, -0.1) is 0 Å². The number of unbranched alkanes of at least 4 members (excludes halogenated alkanes) is 26. The van der Waals surface area contributed by atoms with Crippen LogP contribution in [0.3, 0.4) is 0 Å². The molecule has 7 N–H and O–H groups in total. The van der Waals surface area contributed by atoms with Crippen molar-refractivity contribution in [3.63, 3.8) is 0 Å². The van der Waals surface area contributed by atoms with Crippen LogP contribution in [0.5, 0.6) is 0 Å². The number of phosphoric acid groups is 2. The van der Waals surface area contributed by atoms with Gasteiger partial charge in [-0.2, -0.15) is 0 Å². The fourth-order valence-corrected chi connectivity index (χ4v) is 12.8. The monoisotopic (exact) mass is 1520 g/mol. The minimum absolute atomic E-state index is 0.137.